The number of nitrogens with one attached hydrogen (secondary N) is 2. The lowest BCUT2D eigenvalue weighted by atomic mass is 10.3. The molecule has 0 fully saturated rings. The topological polar surface area (TPSA) is 75.9 Å². The Kier molecular flexibility index (Phi) is 5.14. The zero-order valence-electron chi connectivity index (χ0n) is 12.2. The molecule has 3 aromatic rings. The van der Waals surface area contributed by atoms with Crippen LogP contribution < -0.4 is 16.4 Å². The fourth-order valence-corrected chi connectivity index (χ4v) is 2.68. The van der Waals surface area contributed by atoms with Gasteiger partial charge in [0.25, 0.3) is 0 Å². The fraction of sp³-hybridized carbons (Fsp3) is 0. The normalized spacial score (nSPS) is 10.5. The van der Waals surface area contributed by atoms with Gasteiger partial charge in [-0.1, -0.05) is 15.9 Å². The van der Waals surface area contributed by atoms with Crippen molar-refractivity contribution in [2.24, 2.45) is 0 Å². The van der Waals surface area contributed by atoms with E-state index in [4.69, 9.17) is 5.73 Å². The molecule has 0 saturated heterocycles. The maximum atomic E-state index is 14.0. The first-order valence-electron chi connectivity index (χ1n) is 6.88. The molecular formula is C16H12BrFIN5. The number of nitrogens with zero attached hydrogens (tertiary/aromatic N) is 2. The van der Waals surface area contributed by atoms with E-state index >= 15 is 0 Å². The SMILES string of the molecule is Nc1c(Nc2ccc(I)cc2)ncnc1Nc1ccc(Br)cc1F. The summed E-state index contributed by atoms with van der Waals surface area (Å²) in [4.78, 5) is 8.23. The van der Waals surface area contributed by atoms with Gasteiger partial charge < -0.3 is 16.4 Å². The number of rotatable bonds is 4. The average molecular weight is 500 g/mol. The molecule has 1 heterocycles. The van der Waals surface area contributed by atoms with Crippen LogP contribution in [0.1, 0.15) is 0 Å². The molecule has 24 heavy (non-hydrogen) atoms. The molecule has 0 atom stereocenters. The van der Waals surface area contributed by atoms with Gasteiger partial charge in [0, 0.05) is 13.7 Å². The molecule has 1 aromatic heterocycles. The minimum absolute atomic E-state index is 0.281. The van der Waals surface area contributed by atoms with E-state index in [2.05, 4.69) is 59.1 Å². The minimum Gasteiger partial charge on any atom is -0.393 e. The Morgan fingerprint density at radius 2 is 1.67 bits per heavy atom. The first kappa shape index (κ1) is 16.9. The third-order valence-electron chi connectivity index (χ3n) is 3.18. The van der Waals surface area contributed by atoms with E-state index in [9.17, 15) is 4.39 Å². The Balaban J connectivity index is 1.86. The molecule has 2 aromatic carbocycles. The van der Waals surface area contributed by atoms with Gasteiger partial charge in [0.15, 0.2) is 11.6 Å². The van der Waals surface area contributed by atoms with Crippen molar-refractivity contribution in [1.82, 2.24) is 9.97 Å². The number of benzene rings is 2. The molecule has 0 unspecified atom stereocenters. The molecule has 4 N–H and O–H groups in total. The predicted octanol–water partition coefficient (Wildman–Crippen LogP) is 5.05. The second-order valence-corrected chi connectivity index (χ2v) is 7.03. The summed E-state index contributed by atoms with van der Waals surface area (Å²) < 4.78 is 15.7. The van der Waals surface area contributed by atoms with Crippen LogP contribution in [0.5, 0.6) is 0 Å². The van der Waals surface area contributed by atoms with Crippen LogP contribution in [0, 0.1) is 9.39 Å². The van der Waals surface area contributed by atoms with Crippen molar-refractivity contribution in [2.45, 2.75) is 0 Å². The van der Waals surface area contributed by atoms with Crippen molar-refractivity contribution < 1.29 is 4.39 Å². The number of hydrogen-bond donors (Lipinski definition) is 3. The highest BCUT2D eigenvalue weighted by Crippen LogP contribution is 2.29. The summed E-state index contributed by atoms with van der Waals surface area (Å²) in [7, 11) is 0. The third-order valence-corrected chi connectivity index (χ3v) is 4.39. The highest BCUT2D eigenvalue weighted by atomic mass is 127. The van der Waals surface area contributed by atoms with E-state index in [0.29, 0.717) is 21.8 Å². The Hall–Kier alpha value is -1.94. The van der Waals surface area contributed by atoms with Gasteiger partial charge >= 0.3 is 0 Å². The van der Waals surface area contributed by atoms with Crippen LogP contribution in [-0.2, 0) is 0 Å². The van der Waals surface area contributed by atoms with Gasteiger partial charge in [0.05, 0.1) is 5.69 Å². The summed E-state index contributed by atoms with van der Waals surface area (Å²) in [5.41, 5.74) is 7.54. The number of hydrogen-bond acceptors (Lipinski definition) is 5. The quantitative estimate of drug-likeness (QED) is 0.438. The van der Waals surface area contributed by atoms with Gasteiger partial charge in [-0.25, -0.2) is 14.4 Å². The number of nitrogen functional groups attached to an aromatic ring is 1. The van der Waals surface area contributed by atoms with Crippen molar-refractivity contribution in [2.75, 3.05) is 16.4 Å². The van der Waals surface area contributed by atoms with E-state index in [0.717, 1.165) is 9.26 Å². The second-order valence-electron chi connectivity index (χ2n) is 4.87. The molecule has 0 bridgehead atoms. The number of aromatic nitrogens is 2. The summed E-state index contributed by atoms with van der Waals surface area (Å²) in [5.74, 6) is 0.375. The average Bonchev–Trinajstić information content (AvgIpc) is 2.55. The second kappa shape index (κ2) is 7.31. The highest BCUT2D eigenvalue weighted by Gasteiger charge is 2.11. The Labute approximate surface area is 160 Å². The molecule has 122 valence electrons. The summed E-state index contributed by atoms with van der Waals surface area (Å²) >= 11 is 5.45. The van der Waals surface area contributed by atoms with E-state index < -0.39 is 5.82 Å². The highest BCUT2D eigenvalue weighted by molar-refractivity contribution is 14.1. The largest absolute Gasteiger partial charge is 0.393 e. The molecule has 0 aliphatic carbocycles. The van der Waals surface area contributed by atoms with E-state index in [1.165, 1.54) is 12.4 Å². The predicted molar refractivity (Wildman–Crippen MR) is 106 cm³/mol. The molecule has 0 saturated carbocycles. The van der Waals surface area contributed by atoms with Crippen molar-refractivity contribution in [1.29, 1.82) is 0 Å². The first-order chi connectivity index (χ1) is 11.5. The van der Waals surface area contributed by atoms with Gasteiger partial charge in [-0.2, -0.15) is 0 Å². The van der Waals surface area contributed by atoms with Gasteiger partial charge in [-0.15, -0.1) is 0 Å². The lowest BCUT2D eigenvalue weighted by molar-refractivity contribution is 0.631. The van der Waals surface area contributed by atoms with Gasteiger partial charge in [0.2, 0.25) is 0 Å². The molecule has 0 spiro atoms. The zero-order valence-corrected chi connectivity index (χ0v) is 16.0. The molecule has 5 nitrogen and oxygen atoms in total. The monoisotopic (exact) mass is 499 g/mol. The van der Waals surface area contributed by atoms with Crippen LogP contribution in [0.2, 0.25) is 0 Å². The van der Waals surface area contributed by atoms with Crippen molar-refractivity contribution in [3.05, 3.63) is 62.7 Å². The fourth-order valence-electron chi connectivity index (χ4n) is 1.98. The van der Waals surface area contributed by atoms with Crippen LogP contribution in [0.4, 0.5) is 33.1 Å². The standard InChI is InChI=1S/C16H12BrFIN5/c17-9-1-6-13(12(18)7-9)24-16-14(20)15(21-8-22-16)23-11-4-2-10(19)3-5-11/h1-8H,20H2,(H2,21,22,23,24). The van der Waals surface area contributed by atoms with Gasteiger partial charge in [0.1, 0.15) is 17.8 Å². The molecule has 8 heteroatoms. The van der Waals surface area contributed by atoms with Gasteiger partial charge in [-0.05, 0) is 65.1 Å². The number of halogens is 3. The summed E-state index contributed by atoms with van der Waals surface area (Å²) in [6, 6.07) is 12.5. The van der Waals surface area contributed by atoms with Crippen molar-refractivity contribution in [3.63, 3.8) is 0 Å². The lowest BCUT2D eigenvalue weighted by Gasteiger charge is -2.13. The molecule has 0 amide bonds. The van der Waals surface area contributed by atoms with E-state index in [1.807, 2.05) is 24.3 Å². The maximum Gasteiger partial charge on any atom is 0.159 e. The lowest BCUT2D eigenvalue weighted by Crippen LogP contribution is -2.06. The van der Waals surface area contributed by atoms with Crippen LogP contribution in [0.25, 0.3) is 0 Å². The number of nitrogens with two attached hydrogens (primary N) is 1. The summed E-state index contributed by atoms with van der Waals surface area (Å²) in [5, 5.41) is 6.02. The van der Waals surface area contributed by atoms with E-state index in [1.54, 1.807) is 12.1 Å². The summed E-state index contributed by atoms with van der Waals surface area (Å²) in [6.45, 7) is 0. The summed E-state index contributed by atoms with van der Waals surface area (Å²) in [6.07, 6.45) is 1.37. The first-order valence-corrected chi connectivity index (χ1v) is 8.75. The number of anilines is 5. The Bertz CT molecular complexity index is 873. The van der Waals surface area contributed by atoms with Crippen LogP contribution in [0.15, 0.2) is 53.3 Å². The van der Waals surface area contributed by atoms with Crippen molar-refractivity contribution >= 4 is 67.2 Å². The zero-order chi connectivity index (χ0) is 17.1. The minimum atomic E-state index is -0.408. The third kappa shape index (κ3) is 3.93. The van der Waals surface area contributed by atoms with Crippen LogP contribution in [-0.4, -0.2) is 9.97 Å². The van der Waals surface area contributed by atoms with E-state index in [-0.39, 0.29) is 5.69 Å². The maximum absolute atomic E-state index is 14.0. The molecule has 0 radical (unpaired) electrons. The molecule has 0 aliphatic heterocycles. The smallest absolute Gasteiger partial charge is 0.159 e. The Morgan fingerprint density at radius 3 is 2.33 bits per heavy atom. The molecular weight excluding hydrogens is 488 g/mol. The van der Waals surface area contributed by atoms with Crippen LogP contribution >= 0.6 is 38.5 Å². The van der Waals surface area contributed by atoms with Crippen LogP contribution in [0.3, 0.4) is 0 Å². The van der Waals surface area contributed by atoms with Gasteiger partial charge in [-0.3, -0.25) is 0 Å². The molecule has 3 rings (SSSR count). The molecule has 0 aliphatic rings. The Morgan fingerprint density at radius 1 is 1.00 bits per heavy atom. The van der Waals surface area contributed by atoms with Crippen molar-refractivity contribution in [3.8, 4) is 0 Å².